The fourth-order valence-corrected chi connectivity index (χ4v) is 2.32. The third-order valence-corrected chi connectivity index (χ3v) is 3.60. The topological polar surface area (TPSA) is 68.5 Å². The number of aryl methyl sites for hydroxylation is 2. The second-order valence-electron chi connectivity index (χ2n) is 5.71. The van der Waals surface area contributed by atoms with Crippen LogP contribution in [-0.2, 0) is 9.53 Å². The van der Waals surface area contributed by atoms with Gasteiger partial charge in [0.2, 0.25) is 0 Å². The van der Waals surface area contributed by atoms with Crippen LogP contribution in [0.25, 0.3) is 0 Å². The molecule has 1 aromatic carbocycles. The molecule has 0 bridgehead atoms. The summed E-state index contributed by atoms with van der Waals surface area (Å²) in [4.78, 5) is 24.0. The molecule has 23 heavy (non-hydrogen) atoms. The monoisotopic (exact) mass is 315 g/mol. The predicted molar refractivity (Wildman–Crippen MR) is 87.6 cm³/mol. The lowest BCUT2D eigenvalue weighted by molar-refractivity contribution is -0.119. The highest BCUT2D eigenvalue weighted by Gasteiger charge is 2.16. The molecule has 1 aromatic heterocycles. The van der Waals surface area contributed by atoms with Gasteiger partial charge in [-0.1, -0.05) is 32.0 Å². The molecule has 0 radical (unpaired) electrons. The zero-order valence-corrected chi connectivity index (χ0v) is 13.8. The zero-order chi connectivity index (χ0) is 17.0. The van der Waals surface area contributed by atoms with Gasteiger partial charge in [-0.2, -0.15) is 0 Å². The number of anilines is 1. The minimum atomic E-state index is -0.569. The van der Waals surface area contributed by atoms with Gasteiger partial charge in [-0.25, -0.2) is 4.79 Å². The Morgan fingerprint density at radius 2 is 1.96 bits per heavy atom. The first kappa shape index (κ1) is 16.8. The van der Waals surface area contributed by atoms with Crippen molar-refractivity contribution < 1.29 is 18.7 Å². The van der Waals surface area contributed by atoms with Crippen molar-refractivity contribution >= 4 is 17.6 Å². The molecule has 0 aliphatic carbocycles. The van der Waals surface area contributed by atoms with Crippen molar-refractivity contribution in [1.82, 2.24) is 0 Å². The van der Waals surface area contributed by atoms with Crippen LogP contribution in [0.3, 0.4) is 0 Å². The van der Waals surface area contributed by atoms with Crippen molar-refractivity contribution in [3.05, 3.63) is 53.0 Å². The lowest BCUT2D eigenvalue weighted by Gasteiger charge is -2.16. The molecule has 0 unspecified atom stereocenters. The zero-order valence-electron chi connectivity index (χ0n) is 13.8. The van der Waals surface area contributed by atoms with Gasteiger partial charge in [0.1, 0.15) is 11.3 Å². The van der Waals surface area contributed by atoms with Crippen LogP contribution in [0.1, 0.15) is 47.0 Å². The number of hydrogen-bond acceptors (Lipinski definition) is 4. The molecule has 1 heterocycles. The van der Waals surface area contributed by atoms with E-state index in [1.807, 2.05) is 25.1 Å². The summed E-state index contributed by atoms with van der Waals surface area (Å²) in [6.45, 7) is 7.38. The summed E-state index contributed by atoms with van der Waals surface area (Å²) in [5, 5.41) is 2.84. The number of nitrogens with one attached hydrogen (secondary N) is 1. The van der Waals surface area contributed by atoms with Crippen LogP contribution in [-0.4, -0.2) is 18.5 Å². The standard InChI is InChI=1S/C18H21NO4/c1-11(2)14-7-5-6-12(3)17(14)19-16(20)10-23-18(21)15-8-9-22-13(15)4/h5-9,11H,10H2,1-4H3,(H,19,20). The average Bonchev–Trinajstić information content (AvgIpc) is 2.93. The minimum Gasteiger partial charge on any atom is -0.469 e. The van der Waals surface area contributed by atoms with E-state index in [1.165, 1.54) is 12.3 Å². The van der Waals surface area contributed by atoms with Gasteiger partial charge in [-0.05, 0) is 37.0 Å². The third kappa shape index (κ3) is 4.00. The van der Waals surface area contributed by atoms with Gasteiger partial charge < -0.3 is 14.5 Å². The van der Waals surface area contributed by atoms with Gasteiger partial charge in [0.15, 0.2) is 6.61 Å². The van der Waals surface area contributed by atoms with Crippen LogP contribution in [0.2, 0.25) is 0 Å². The molecule has 5 nitrogen and oxygen atoms in total. The summed E-state index contributed by atoms with van der Waals surface area (Å²) in [7, 11) is 0. The molecule has 1 amide bonds. The molecule has 2 rings (SSSR count). The van der Waals surface area contributed by atoms with E-state index in [2.05, 4.69) is 19.2 Å². The van der Waals surface area contributed by atoms with Crippen molar-refractivity contribution in [2.45, 2.75) is 33.6 Å². The van der Waals surface area contributed by atoms with E-state index in [0.717, 1.165) is 16.8 Å². The Balaban J connectivity index is 2.01. The number of hydrogen-bond donors (Lipinski definition) is 1. The third-order valence-electron chi connectivity index (χ3n) is 3.60. The summed E-state index contributed by atoms with van der Waals surface area (Å²) in [6.07, 6.45) is 1.41. The van der Waals surface area contributed by atoms with Crippen molar-refractivity contribution in [3.63, 3.8) is 0 Å². The van der Waals surface area contributed by atoms with Crippen LogP contribution in [0.4, 0.5) is 5.69 Å². The summed E-state index contributed by atoms with van der Waals surface area (Å²) in [5.41, 5.74) is 3.14. The number of carbonyl (C=O) groups is 2. The fraction of sp³-hybridized carbons (Fsp3) is 0.333. The number of ether oxygens (including phenoxy) is 1. The van der Waals surface area contributed by atoms with E-state index in [0.29, 0.717) is 11.3 Å². The van der Waals surface area contributed by atoms with Gasteiger partial charge in [-0.15, -0.1) is 0 Å². The first-order chi connectivity index (χ1) is 10.9. The van der Waals surface area contributed by atoms with E-state index in [1.54, 1.807) is 6.92 Å². The predicted octanol–water partition coefficient (Wildman–Crippen LogP) is 3.82. The first-order valence-electron chi connectivity index (χ1n) is 7.50. The lowest BCUT2D eigenvalue weighted by Crippen LogP contribution is -2.22. The minimum absolute atomic E-state index is 0.279. The Hall–Kier alpha value is -2.56. The maximum atomic E-state index is 12.1. The van der Waals surface area contributed by atoms with E-state index >= 15 is 0 Å². The molecule has 2 aromatic rings. The lowest BCUT2D eigenvalue weighted by atomic mass is 9.98. The highest BCUT2D eigenvalue weighted by atomic mass is 16.5. The summed E-state index contributed by atoms with van der Waals surface area (Å²) in [6, 6.07) is 7.40. The van der Waals surface area contributed by atoms with Crippen molar-refractivity contribution in [3.8, 4) is 0 Å². The van der Waals surface area contributed by atoms with Gasteiger partial charge in [-0.3, -0.25) is 4.79 Å². The van der Waals surface area contributed by atoms with E-state index in [4.69, 9.17) is 9.15 Å². The van der Waals surface area contributed by atoms with Gasteiger partial charge in [0, 0.05) is 5.69 Å². The normalized spacial score (nSPS) is 10.7. The molecule has 0 spiro atoms. The Bertz CT molecular complexity index is 716. The highest BCUT2D eigenvalue weighted by Crippen LogP contribution is 2.27. The molecule has 1 N–H and O–H groups in total. The Labute approximate surface area is 135 Å². The van der Waals surface area contributed by atoms with Gasteiger partial charge >= 0.3 is 5.97 Å². The van der Waals surface area contributed by atoms with E-state index in [9.17, 15) is 9.59 Å². The smallest absolute Gasteiger partial charge is 0.342 e. The number of carbonyl (C=O) groups excluding carboxylic acids is 2. The van der Waals surface area contributed by atoms with Crippen LogP contribution in [0.15, 0.2) is 34.9 Å². The maximum Gasteiger partial charge on any atom is 0.342 e. The fourth-order valence-electron chi connectivity index (χ4n) is 2.32. The number of esters is 1. The second-order valence-corrected chi connectivity index (χ2v) is 5.71. The maximum absolute atomic E-state index is 12.1. The number of amides is 1. The molecular weight excluding hydrogens is 294 g/mol. The van der Waals surface area contributed by atoms with E-state index in [-0.39, 0.29) is 18.4 Å². The molecule has 0 saturated heterocycles. The number of furan rings is 1. The summed E-state index contributed by atoms with van der Waals surface area (Å²) in [5.74, 6) is -0.186. The quantitative estimate of drug-likeness (QED) is 0.852. The SMILES string of the molecule is Cc1cccc(C(C)C)c1NC(=O)COC(=O)c1ccoc1C. The van der Waals surface area contributed by atoms with Crippen LogP contribution >= 0.6 is 0 Å². The highest BCUT2D eigenvalue weighted by molar-refractivity contribution is 5.96. The summed E-state index contributed by atoms with van der Waals surface area (Å²) >= 11 is 0. The number of rotatable bonds is 5. The largest absolute Gasteiger partial charge is 0.469 e. The Morgan fingerprint density at radius 1 is 1.22 bits per heavy atom. The molecule has 122 valence electrons. The summed E-state index contributed by atoms with van der Waals surface area (Å²) < 4.78 is 10.1. The molecule has 0 saturated carbocycles. The van der Waals surface area contributed by atoms with Crippen molar-refractivity contribution in [2.24, 2.45) is 0 Å². The molecule has 0 aliphatic heterocycles. The second kappa shape index (κ2) is 7.13. The van der Waals surface area contributed by atoms with Crippen LogP contribution in [0, 0.1) is 13.8 Å². The molecule has 0 aliphatic rings. The molecule has 5 heteroatoms. The average molecular weight is 315 g/mol. The number of para-hydroxylation sites is 1. The first-order valence-corrected chi connectivity index (χ1v) is 7.50. The van der Waals surface area contributed by atoms with Crippen LogP contribution < -0.4 is 5.32 Å². The Morgan fingerprint density at radius 3 is 2.57 bits per heavy atom. The molecule has 0 atom stereocenters. The van der Waals surface area contributed by atoms with Crippen molar-refractivity contribution in [2.75, 3.05) is 11.9 Å². The van der Waals surface area contributed by atoms with Crippen molar-refractivity contribution in [1.29, 1.82) is 0 Å². The van der Waals surface area contributed by atoms with Crippen LogP contribution in [0.5, 0.6) is 0 Å². The molecular formula is C18H21NO4. The Kier molecular flexibility index (Phi) is 5.21. The van der Waals surface area contributed by atoms with Gasteiger partial charge in [0.05, 0.1) is 6.26 Å². The molecule has 0 fully saturated rings. The van der Waals surface area contributed by atoms with E-state index < -0.39 is 5.97 Å². The van der Waals surface area contributed by atoms with Gasteiger partial charge in [0.25, 0.3) is 5.91 Å². The number of benzene rings is 1.